The highest BCUT2D eigenvalue weighted by Crippen LogP contribution is 2.35. The molecule has 0 aliphatic heterocycles. The summed E-state index contributed by atoms with van der Waals surface area (Å²) in [4.78, 5) is 15.0. The maximum Gasteiger partial charge on any atom is 0.358 e. The fourth-order valence-electron chi connectivity index (χ4n) is 2.08. The quantitative estimate of drug-likeness (QED) is 0.773. The average Bonchev–Trinajstić information content (AvgIpc) is 2.52. The number of aromatic nitrogens is 1. The van der Waals surface area contributed by atoms with Crippen LogP contribution < -0.4 is 4.74 Å². The van der Waals surface area contributed by atoms with Crippen molar-refractivity contribution in [3.8, 4) is 17.4 Å². The maximum atomic E-state index is 13.7. The van der Waals surface area contributed by atoms with Crippen molar-refractivity contribution in [1.29, 1.82) is 0 Å². The molecule has 0 saturated heterocycles. The Labute approximate surface area is 124 Å². The van der Waals surface area contributed by atoms with Gasteiger partial charge in [-0.25, -0.2) is 14.2 Å². The van der Waals surface area contributed by atoms with Crippen molar-refractivity contribution in [2.75, 3.05) is 0 Å². The van der Waals surface area contributed by atoms with E-state index in [0.29, 0.717) is 5.39 Å². The number of carboxylic acids is 1. The van der Waals surface area contributed by atoms with Gasteiger partial charge in [-0.05, 0) is 18.2 Å². The number of rotatable bonds is 3. The number of aromatic carboxylic acids is 1. The van der Waals surface area contributed by atoms with Gasteiger partial charge >= 0.3 is 5.97 Å². The van der Waals surface area contributed by atoms with E-state index in [0.717, 1.165) is 0 Å². The molecule has 0 spiro atoms. The minimum Gasteiger partial charge on any atom is -0.505 e. The van der Waals surface area contributed by atoms with Crippen LogP contribution in [0.1, 0.15) is 10.5 Å². The number of ether oxygens (including phenoxy) is 1. The lowest BCUT2D eigenvalue weighted by atomic mass is 10.1. The summed E-state index contributed by atoms with van der Waals surface area (Å²) in [5.41, 5.74) is -0.551. The van der Waals surface area contributed by atoms with E-state index < -0.39 is 23.2 Å². The Morgan fingerprint density at radius 1 is 1.05 bits per heavy atom. The van der Waals surface area contributed by atoms with E-state index in [1.165, 1.54) is 24.3 Å². The van der Waals surface area contributed by atoms with Crippen molar-refractivity contribution in [2.24, 2.45) is 0 Å². The molecule has 0 bridgehead atoms. The highest BCUT2D eigenvalue weighted by atomic mass is 19.1. The molecule has 0 aliphatic carbocycles. The van der Waals surface area contributed by atoms with Gasteiger partial charge in [0.2, 0.25) is 5.88 Å². The zero-order chi connectivity index (χ0) is 15.7. The topological polar surface area (TPSA) is 79.7 Å². The van der Waals surface area contributed by atoms with Crippen LogP contribution in [0.5, 0.6) is 17.4 Å². The molecule has 0 fully saturated rings. The van der Waals surface area contributed by atoms with Gasteiger partial charge < -0.3 is 14.9 Å². The third-order valence-corrected chi connectivity index (χ3v) is 3.10. The number of nitrogens with zero attached hydrogens (tertiary/aromatic N) is 1. The molecule has 0 radical (unpaired) electrons. The maximum absolute atomic E-state index is 13.7. The molecule has 3 rings (SSSR count). The summed E-state index contributed by atoms with van der Waals surface area (Å²) in [7, 11) is 0. The number of carbonyl (C=O) groups is 1. The summed E-state index contributed by atoms with van der Waals surface area (Å²) in [6.45, 7) is 0. The Bertz CT molecular complexity index is 879. The number of benzene rings is 2. The fourth-order valence-corrected chi connectivity index (χ4v) is 2.08. The summed E-state index contributed by atoms with van der Waals surface area (Å²) in [5, 5.41) is 19.8. The van der Waals surface area contributed by atoms with Crippen molar-refractivity contribution in [1.82, 2.24) is 4.98 Å². The van der Waals surface area contributed by atoms with Crippen LogP contribution >= 0.6 is 0 Å². The van der Waals surface area contributed by atoms with Crippen molar-refractivity contribution < 1.29 is 24.1 Å². The standard InChI is InChI=1S/C16H10FNO4/c17-11-7-3-4-8-12(11)22-15-10-6-2-1-5-9(10)14(19)13(18-15)16(20)21/h1-8,19H,(H,20,21). The molecule has 0 aliphatic rings. The van der Waals surface area contributed by atoms with Crippen molar-refractivity contribution in [3.05, 3.63) is 60.0 Å². The predicted octanol–water partition coefficient (Wildman–Crippen LogP) is 3.57. The zero-order valence-corrected chi connectivity index (χ0v) is 11.2. The van der Waals surface area contributed by atoms with Crippen LogP contribution in [-0.2, 0) is 0 Å². The van der Waals surface area contributed by atoms with Gasteiger partial charge in [0.25, 0.3) is 0 Å². The molecule has 110 valence electrons. The summed E-state index contributed by atoms with van der Waals surface area (Å²) in [5.74, 6) is -2.62. The number of hydrogen-bond acceptors (Lipinski definition) is 4. The van der Waals surface area contributed by atoms with Gasteiger partial charge in [0.15, 0.2) is 23.0 Å². The molecule has 5 nitrogen and oxygen atoms in total. The Morgan fingerprint density at radius 2 is 1.68 bits per heavy atom. The predicted molar refractivity (Wildman–Crippen MR) is 76.8 cm³/mol. The van der Waals surface area contributed by atoms with Crippen LogP contribution in [0.2, 0.25) is 0 Å². The van der Waals surface area contributed by atoms with Crippen molar-refractivity contribution in [3.63, 3.8) is 0 Å². The number of halogens is 1. The van der Waals surface area contributed by atoms with Gasteiger partial charge in [0, 0.05) is 10.8 Å². The number of hydrogen-bond donors (Lipinski definition) is 2. The zero-order valence-electron chi connectivity index (χ0n) is 11.2. The second-order valence-electron chi connectivity index (χ2n) is 4.50. The van der Waals surface area contributed by atoms with Crippen molar-refractivity contribution in [2.45, 2.75) is 0 Å². The SMILES string of the molecule is O=C(O)c1nc(Oc2ccccc2F)c2ccccc2c1O. The third kappa shape index (κ3) is 2.31. The largest absolute Gasteiger partial charge is 0.505 e. The van der Waals surface area contributed by atoms with Crippen LogP contribution in [0.3, 0.4) is 0 Å². The van der Waals surface area contributed by atoms with Crippen molar-refractivity contribution >= 4 is 16.7 Å². The first kappa shape index (κ1) is 13.8. The number of fused-ring (bicyclic) bond motifs is 1. The fraction of sp³-hybridized carbons (Fsp3) is 0. The molecule has 2 N–H and O–H groups in total. The number of para-hydroxylation sites is 1. The molecule has 1 heterocycles. The van der Waals surface area contributed by atoms with E-state index >= 15 is 0 Å². The molecule has 2 aromatic carbocycles. The lowest BCUT2D eigenvalue weighted by molar-refractivity contribution is 0.0686. The van der Waals surface area contributed by atoms with Crippen LogP contribution in [-0.4, -0.2) is 21.2 Å². The first-order chi connectivity index (χ1) is 10.6. The van der Waals surface area contributed by atoms with E-state index in [1.807, 2.05) is 0 Å². The second kappa shape index (κ2) is 5.33. The van der Waals surface area contributed by atoms with E-state index in [9.17, 15) is 14.3 Å². The summed E-state index contributed by atoms with van der Waals surface area (Å²) < 4.78 is 19.1. The molecule has 0 unspecified atom stereocenters. The Hall–Kier alpha value is -3.15. The molecule has 1 aromatic heterocycles. The Morgan fingerprint density at radius 3 is 2.36 bits per heavy atom. The minimum absolute atomic E-state index is 0.0813. The van der Waals surface area contributed by atoms with Gasteiger partial charge in [-0.3, -0.25) is 0 Å². The van der Waals surface area contributed by atoms with E-state index in [-0.39, 0.29) is 17.0 Å². The van der Waals surface area contributed by atoms with Crippen LogP contribution in [0.4, 0.5) is 4.39 Å². The molecule has 0 saturated carbocycles. The smallest absolute Gasteiger partial charge is 0.358 e. The highest BCUT2D eigenvalue weighted by molar-refractivity contribution is 6.00. The monoisotopic (exact) mass is 299 g/mol. The second-order valence-corrected chi connectivity index (χ2v) is 4.50. The number of aromatic hydroxyl groups is 1. The van der Waals surface area contributed by atoms with Crippen LogP contribution in [0, 0.1) is 5.82 Å². The molecular formula is C16H10FNO4. The van der Waals surface area contributed by atoms with Gasteiger partial charge in [0.05, 0.1) is 0 Å². The van der Waals surface area contributed by atoms with E-state index in [2.05, 4.69) is 4.98 Å². The molecule has 0 amide bonds. The lowest BCUT2D eigenvalue weighted by Crippen LogP contribution is -2.03. The Balaban J connectivity index is 2.22. The highest BCUT2D eigenvalue weighted by Gasteiger charge is 2.19. The average molecular weight is 299 g/mol. The van der Waals surface area contributed by atoms with Gasteiger partial charge in [0.1, 0.15) is 0 Å². The van der Waals surface area contributed by atoms with Gasteiger partial charge in [-0.1, -0.05) is 30.3 Å². The number of carboxylic acid groups (broad SMARTS) is 1. The van der Waals surface area contributed by atoms with Gasteiger partial charge in [-0.2, -0.15) is 0 Å². The summed E-state index contributed by atoms with van der Waals surface area (Å²) in [6, 6.07) is 12.2. The first-order valence-electron chi connectivity index (χ1n) is 6.35. The van der Waals surface area contributed by atoms with E-state index in [1.54, 1.807) is 24.3 Å². The minimum atomic E-state index is -1.40. The molecular weight excluding hydrogens is 289 g/mol. The normalized spacial score (nSPS) is 10.6. The van der Waals surface area contributed by atoms with E-state index in [4.69, 9.17) is 9.84 Å². The molecule has 0 atom stereocenters. The number of pyridine rings is 1. The third-order valence-electron chi connectivity index (χ3n) is 3.10. The molecule has 3 aromatic rings. The Kier molecular flexibility index (Phi) is 3.34. The summed E-state index contributed by atoms with van der Waals surface area (Å²) in [6.07, 6.45) is 0. The van der Waals surface area contributed by atoms with Crippen LogP contribution in [0.25, 0.3) is 10.8 Å². The van der Waals surface area contributed by atoms with Gasteiger partial charge in [-0.15, -0.1) is 0 Å². The summed E-state index contributed by atoms with van der Waals surface area (Å²) >= 11 is 0. The molecule has 6 heteroatoms. The molecule has 22 heavy (non-hydrogen) atoms. The first-order valence-corrected chi connectivity index (χ1v) is 6.35. The van der Waals surface area contributed by atoms with Crippen LogP contribution in [0.15, 0.2) is 48.5 Å². The lowest BCUT2D eigenvalue weighted by Gasteiger charge is -2.11.